The summed E-state index contributed by atoms with van der Waals surface area (Å²) in [5, 5.41) is 0. The second-order valence-corrected chi connectivity index (χ2v) is 14.4. The minimum absolute atomic E-state index is 0.117. The SMILES string of the molecule is CC1(C)CC(=O)CC(C)(C)O1.CCOP(=O)(CC(=O)OC)OCC.COC(=O)CC1CC(C)(C)OC(C)(C)C1. The van der Waals surface area contributed by atoms with Gasteiger partial charge in [0.25, 0.3) is 0 Å². The molecule has 0 spiro atoms. The minimum atomic E-state index is -3.27. The summed E-state index contributed by atoms with van der Waals surface area (Å²) in [6.07, 6.45) is 3.13. The summed E-state index contributed by atoms with van der Waals surface area (Å²) < 4.78 is 42.1. The van der Waals surface area contributed by atoms with E-state index in [1.165, 1.54) is 14.2 Å². The van der Waals surface area contributed by atoms with E-state index in [1.807, 2.05) is 27.7 Å². The first kappa shape index (κ1) is 37.7. The maximum Gasteiger partial charge on any atom is 0.341 e. The molecule has 11 heteroatoms. The van der Waals surface area contributed by atoms with E-state index >= 15 is 0 Å². The Bertz CT molecular complexity index is 803. The summed E-state index contributed by atoms with van der Waals surface area (Å²) in [5.74, 6) is -0.0267. The lowest BCUT2D eigenvalue weighted by Crippen LogP contribution is -2.45. The standard InChI is InChI=1S/C12H22O3.C9H16O2.C7H15O5P/c1-11(2)7-9(6-10(13)14-5)8-12(3,4)15-11;1-8(2)5-7(10)6-9(3,4)11-8;1-4-11-13(9,12-5-2)6-7(8)10-3/h9H,6-8H2,1-5H3;5-6H2,1-4H3;4-6H2,1-3H3. The van der Waals surface area contributed by atoms with Gasteiger partial charge < -0.3 is 28.0 Å². The second-order valence-electron chi connectivity index (χ2n) is 12.4. The van der Waals surface area contributed by atoms with Crippen LogP contribution in [0.1, 0.15) is 101 Å². The Morgan fingerprint density at radius 3 is 1.49 bits per heavy atom. The van der Waals surface area contributed by atoms with E-state index in [1.54, 1.807) is 13.8 Å². The van der Waals surface area contributed by atoms with Crippen LogP contribution in [0.2, 0.25) is 0 Å². The number of carbonyl (C=O) groups is 3. The maximum absolute atomic E-state index is 11.6. The molecule has 2 heterocycles. The van der Waals surface area contributed by atoms with Gasteiger partial charge in [-0.2, -0.15) is 0 Å². The van der Waals surface area contributed by atoms with Crippen molar-refractivity contribution in [1.29, 1.82) is 0 Å². The second kappa shape index (κ2) is 15.6. The van der Waals surface area contributed by atoms with Gasteiger partial charge in [0.15, 0.2) is 0 Å². The molecule has 0 saturated carbocycles. The van der Waals surface area contributed by atoms with Crippen LogP contribution < -0.4 is 0 Å². The zero-order valence-corrected chi connectivity index (χ0v) is 27.2. The van der Waals surface area contributed by atoms with Crippen molar-refractivity contribution in [2.75, 3.05) is 33.6 Å². The monoisotopic (exact) mass is 580 g/mol. The molecule has 39 heavy (non-hydrogen) atoms. The van der Waals surface area contributed by atoms with Crippen molar-refractivity contribution >= 4 is 25.3 Å². The van der Waals surface area contributed by atoms with E-state index in [2.05, 4.69) is 32.4 Å². The first-order valence-electron chi connectivity index (χ1n) is 13.6. The molecule has 2 aliphatic rings. The summed E-state index contributed by atoms with van der Waals surface area (Å²) >= 11 is 0. The number of ketones is 1. The van der Waals surface area contributed by atoms with E-state index in [-0.39, 0.29) is 47.7 Å². The van der Waals surface area contributed by atoms with Crippen LogP contribution in [0.5, 0.6) is 0 Å². The van der Waals surface area contributed by atoms with Crippen molar-refractivity contribution in [1.82, 2.24) is 0 Å². The molecule has 0 atom stereocenters. The Morgan fingerprint density at radius 1 is 0.769 bits per heavy atom. The molecule has 2 fully saturated rings. The summed E-state index contributed by atoms with van der Waals surface area (Å²) in [5.41, 5.74) is -0.807. The Kier molecular flexibility index (Phi) is 15.1. The van der Waals surface area contributed by atoms with Crippen molar-refractivity contribution in [3.05, 3.63) is 0 Å². The van der Waals surface area contributed by atoms with Gasteiger partial charge in [-0.3, -0.25) is 18.9 Å². The fourth-order valence-corrected chi connectivity index (χ4v) is 6.82. The highest BCUT2D eigenvalue weighted by Crippen LogP contribution is 2.47. The third-order valence-corrected chi connectivity index (χ3v) is 7.75. The lowest BCUT2D eigenvalue weighted by Gasteiger charge is -2.45. The third-order valence-electron chi connectivity index (χ3n) is 5.80. The first-order chi connectivity index (χ1) is 17.6. The quantitative estimate of drug-likeness (QED) is 0.254. The molecule has 0 amide bonds. The molecule has 230 valence electrons. The molecule has 0 unspecified atom stereocenters. The summed E-state index contributed by atoms with van der Waals surface area (Å²) in [4.78, 5) is 33.3. The summed E-state index contributed by atoms with van der Waals surface area (Å²) in [6, 6.07) is 0. The van der Waals surface area contributed by atoms with Gasteiger partial charge in [0.1, 0.15) is 11.9 Å². The van der Waals surface area contributed by atoms with Crippen LogP contribution in [-0.4, -0.2) is 73.7 Å². The predicted octanol–water partition coefficient (Wildman–Crippen LogP) is 5.88. The zero-order valence-electron chi connectivity index (χ0n) is 26.3. The molecule has 0 bridgehead atoms. The van der Waals surface area contributed by atoms with Crippen LogP contribution in [0.3, 0.4) is 0 Å². The molecule has 0 aromatic heterocycles. The van der Waals surface area contributed by atoms with Crippen LogP contribution in [0.4, 0.5) is 0 Å². The van der Waals surface area contributed by atoms with E-state index < -0.39 is 13.6 Å². The smallest absolute Gasteiger partial charge is 0.341 e. The number of ether oxygens (including phenoxy) is 4. The van der Waals surface area contributed by atoms with Crippen molar-refractivity contribution in [3.8, 4) is 0 Å². The number of hydrogen-bond donors (Lipinski definition) is 0. The lowest BCUT2D eigenvalue weighted by atomic mass is 9.79. The van der Waals surface area contributed by atoms with Gasteiger partial charge >= 0.3 is 19.5 Å². The normalized spacial score (nSPS) is 21.4. The molecule has 2 rings (SSSR count). The number of carbonyl (C=O) groups excluding carboxylic acids is 3. The highest BCUT2D eigenvalue weighted by Gasteiger charge is 2.40. The van der Waals surface area contributed by atoms with Gasteiger partial charge in [-0.1, -0.05) is 0 Å². The largest absolute Gasteiger partial charge is 0.469 e. The number of hydrogen-bond acceptors (Lipinski definition) is 10. The molecule has 2 aliphatic heterocycles. The van der Waals surface area contributed by atoms with Crippen LogP contribution in [0.25, 0.3) is 0 Å². The molecule has 0 aromatic rings. The Morgan fingerprint density at radius 2 is 1.15 bits per heavy atom. The van der Waals surface area contributed by atoms with E-state index in [9.17, 15) is 18.9 Å². The van der Waals surface area contributed by atoms with Crippen molar-refractivity contribution in [3.63, 3.8) is 0 Å². The fraction of sp³-hybridized carbons (Fsp3) is 0.893. The van der Waals surface area contributed by atoms with Gasteiger partial charge in [0, 0.05) is 19.3 Å². The molecule has 0 N–H and O–H groups in total. The van der Waals surface area contributed by atoms with Crippen molar-refractivity contribution in [2.45, 2.75) is 124 Å². The van der Waals surface area contributed by atoms with Gasteiger partial charge in [0.05, 0.1) is 49.8 Å². The average Bonchev–Trinajstić information content (AvgIpc) is 2.69. The van der Waals surface area contributed by atoms with Crippen LogP contribution >= 0.6 is 7.60 Å². The Hall–Kier alpha value is -1.32. The lowest BCUT2D eigenvalue weighted by molar-refractivity contribution is -0.176. The minimum Gasteiger partial charge on any atom is -0.469 e. The van der Waals surface area contributed by atoms with Crippen LogP contribution in [0, 0.1) is 5.92 Å². The number of esters is 2. The molecular formula is C28H53O10P. The highest BCUT2D eigenvalue weighted by atomic mass is 31.2. The fourth-order valence-electron chi connectivity index (χ4n) is 5.33. The molecule has 0 radical (unpaired) electrons. The van der Waals surface area contributed by atoms with E-state index in [0.29, 0.717) is 31.0 Å². The molecule has 0 aromatic carbocycles. The zero-order chi connectivity index (χ0) is 30.7. The number of rotatable bonds is 8. The Balaban J connectivity index is 0.000000562. The molecular weight excluding hydrogens is 527 g/mol. The number of Topliss-reactive ketones (excluding diaryl/α,β-unsaturated/α-hetero) is 1. The molecule has 10 nitrogen and oxygen atoms in total. The van der Waals surface area contributed by atoms with Crippen molar-refractivity contribution < 1.29 is 46.9 Å². The van der Waals surface area contributed by atoms with E-state index in [0.717, 1.165) is 12.8 Å². The van der Waals surface area contributed by atoms with Crippen LogP contribution in [0.15, 0.2) is 0 Å². The molecule has 0 aliphatic carbocycles. The van der Waals surface area contributed by atoms with Gasteiger partial charge in [-0.05, 0) is 88.0 Å². The van der Waals surface area contributed by atoms with E-state index in [4.69, 9.17) is 23.3 Å². The summed E-state index contributed by atoms with van der Waals surface area (Å²) in [6.45, 7) is 20.0. The predicted molar refractivity (Wildman–Crippen MR) is 150 cm³/mol. The topological polar surface area (TPSA) is 124 Å². The highest BCUT2D eigenvalue weighted by molar-refractivity contribution is 7.54. The third kappa shape index (κ3) is 16.5. The van der Waals surface area contributed by atoms with Crippen molar-refractivity contribution in [2.24, 2.45) is 5.92 Å². The average molecular weight is 581 g/mol. The maximum atomic E-state index is 11.6. The van der Waals surface area contributed by atoms with Crippen LogP contribution in [-0.2, 0) is 46.9 Å². The first-order valence-corrected chi connectivity index (χ1v) is 15.3. The number of methoxy groups -OCH3 is 2. The van der Waals surface area contributed by atoms with Gasteiger partial charge in [0.2, 0.25) is 0 Å². The van der Waals surface area contributed by atoms with Gasteiger partial charge in [-0.25, -0.2) is 0 Å². The molecule has 2 saturated heterocycles. The Labute approximate surface area is 235 Å². The summed E-state index contributed by atoms with van der Waals surface area (Å²) in [7, 11) is -0.597. The van der Waals surface area contributed by atoms with Gasteiger partial charge in [-0.15, -0.1) is 0 Å².